The average molecular weight is 1330 g/mol. The number of methoxy groups -OCH3 is 6. The summed E-state index contributed by atoms with van der Waals surface area (Å²) in [6.45, 7) is 30.3. The van der Waals surface area contributed by atoms with Crippen molar-refractivity contribution in [3.8, 4) is 0 Å². The Balaban J connectivity index is -0.0000000635. The molecule has 0 rings (SSSR count). The maximum atomic E-state index is 11.1. The van der Waals surface area contributed by atoms with Crippen molar-refractivity contribution in [3.63, 3.8) is 0 Å². The van der Waals surface area contributed by atoms with Crippen molar-refractivity contribution in [1.29, 1.82) is 0 Å². The maximum Gasteiger partial charge on any atom is 0.276 e. The molecule has 0 atom stereocenters. The van der Waals surface area contributed by atoms with Crippen LogP contribution in [-0.2, 0) is 46.2 Å². The fourth-order valence-corrected chi connectivity index (χ4v) is 7.95. The van der Waals surface area contributed by atoms with Crippen molar-refractivity contribution in [3.05, 3.63) is 0 Å². The second-order valence-corrected chi connectivity index (χ2v) is 37.2. The lowest BCUT2D eigenvalue weighted by Gasteiger charge is -2.16. The summed E-state index contributed by atoms with van der Waals surface area (Å²) in [5, 5.41) is 76.6. The predicted octanol–water partition coefficient (Wildman–Crippen LogP) is 11.2. The molecule has 0 spiro atoms. The molecular weight excluding hydrogens is 1180 g/mol. The van der Waals surface area contributed by atoms with Crippen LogP contribution in [0.3, 0.4) is 0 Å². The summed E-state index contributed by atoms with van der Waals surface area (Å²) in [4.78, 5) is 0. The van der Waals surface area contributed by atoms with Gasteiger partial charge in [0.2, 0.25) is 0 Å². The Labute approximate surface area is 538 Å². The number of aliphatic hydroxyl groups is 10. The van der Waals surface area contributed by atoms with Crippen LogP contribution in [0.4, 0.5) is 0 Å². The Hall–Kier alpha value is -0.0925. The molecule has 0 aromatic rings. The van der Waals surface area contributed by atoms with E-state index in [1.807, 2.05) is 6.92 Å². The third kappa shape index (κ3) is 206. The normalized spacial score (nSPS) is 9.86. The molecule has 0 saturated heterocycles. The average Bonchev–Trinajstić information content (AvgIpc) is 3.52. The first-order valence-corrected chi connectivity index (χ1v) is 43.8. The third-order valence-corrected chi connectivity index (χ3v) is 15.3. The predicted molar refractivity (Wildman–Crippen MR) is 374 cm³/mol. The van der Waals surface area contributed by atoms with E-state index in [1.54, 1.807) is 49.8 Å². The van der Waals surface area contributed by atoms with Crippen LogP contribution in [0.5, 0.6) is 0 Å². The molecule has 0 aliphatic heterocycles. The highest BCUT2D eigenvalue weighted by Gasteiger charge is 2.13. The minimum absolute atomic E-state index is 0.283. The molecule has 0 aliphatic rings. The van der Waals surface area contributed by atoms with Crippen LogP contribution in [0, 0.1) is 0 Å². The topological polar surface area (TPSA) is 302 Å². The monoisotopic (exact) mass is 1330 g/mol. The molecule has 540 valence electrons. The third-order valence-electron chi connectivity index (χ3n) is 10.2. The summed E-state index contributed by atoms with van der Waals surface area (Å²) in [5.41, 5.74) is 0. The highest BCUT2D eigenvalue weighted by molar-refractivity contribution is 6.70. The SMILES string of the molecule is CC[Si](=O)CCCCCCCOC.CO.CO.CO.CO.CO.COCCCCCCO.COCCCCCO.COCCCCCO.COCCCCCO[Si](C)(C)C.COCCCCCO[Si](C)(C)C.CO[Si](C)(C)C.OCCCCCCO. The van der Waals surface area contributed by atoms with Gasteiger partial charge in [-0.05, 0) is 187 Å². The number of unbranched alkanes of at least 4 members (excludes halogenated alkanes) is 18. The molecule has 10 N–H and O–H groups in total. The Bertz CT molecular complexity index is 882. The first-order chi connectivity index (χ1) is 41.1. The highest BCUT2D eigenvalue weighted by Crippen LogP contribution is 2.08. The molecule has 0 aromatic heterocycles. The minimum atomic E-state index is -1.26. The van der Waals surface area contributed by atoms with Gasteiger partial charge >= 0.3 is 0 Å². The number of rotatable bonds is 45. The molecule has 0 bridgehead atoms. The molecule has 0 fully saturated rings. The quantitative estimate of drug-likeness (QED) is 0.0200. The lowest BCUT2D eigenvalue weighted by atomic mass is 10.2. The van der Waals surface area contributed by atoms with Crippen LogP contribution in [0.2, 0.25) is 71.0 Å². The van der Waals surface area contributed by atoms with Gasteiger partial charge in [-0.1, -0.05) is 51.9 Å². The number of hydrogen-bond acceptors (Lipinski definition) is 20. The van der Waals surface area contributed by atoms with Crippen molar-refractivity contribution in [2.75, 3.05) is 171 Å². The van der Waals surface area contributed by atoms with Gasteiger partial charge in [-0.3, -0.25) is 0 Å². The summed E-state index contributed by atoms with van der Waals surface area (Å²) >= 11 is 0. The van der Waals surface area contributed by atoms with E-state index in [-0.39, 0.29) is 13.2 Å². The standard InChI is InChI=1S/C10H22O2Si.2C9H22O2Si.C7H16O2.3C6H14O2.C4H12OSi.5CH4O/c1-3-13(11)10-8-6-4-5-7-9-12-2;2*1-10-8-6-5-7-9-11-12(2,3)4;1-9-7-5-3-2-4-6-8;2*1-8-6-4-2-3-5-7;7-5-3-1-2-4-6-8;1-5-6(2,3)4;5*1-2/h3-10H2,1-2H3;2*5-9H2,1-4H3;8H,2-7H2,1H3;2*7H,2-6H2,1H3;7-8H,1-6H2;1-4H3;5*2H,1H3. The van der Waals surface area contributed by atoms with E-state index in [0.717, 1.165) is 203 Å². The van der Waals surface area contributed by atoms with Crippen LogP contribution in [-0.4, -0.2) is 256 Å². The molecule has 0 aromatic carbocycles. The van der Waals surface area contributed by atoms with Gasteiger partial charge in [0, 0.05) is 171 Å². The van der Waals surface area contributed by atoms with Crippen molar-refractivity contribution in [2.45, 2.75) is 238 Å². The molecule has 0 heterocycles. The molecule has 20 nitrogen and oxygen atoms in total. The van der Waals surface area contributed by atoms with Crippen LogP contribution < -0.4 is 0 Å². The molecule has 0 radical (unpaired) electrons. The van der Waals surface area contributed by atoms with E-state index < -0.39 is 33.6 Å². The van der Waals surface area contributed by atoms with Crippen LogP contribution in [0.1, 0.15) is 167 Å². The smallest absolute Gasteiger partial charge is 0.276 e. The molecule has 24 heteroatoms. The first kappa shape index (κ1) is 117. The lowest BCUT2D eigenvalue weighted by Crippen LogP contribution is -2.25. The van der Waals surface area contributed by atoms with E-state index in [4.69, 9.17) is 92.8 Å². The summed E-state index contributed by atoms with van der Waals surface area (Å²) in [6, 6.07) is 1.85. The Morgan fingerprint density at radius 3 is 0.605 bits per heavy atom. The van der Waals surface area contributed by atoms with Gasteiger partial charge in [-0.25, -0.2) is 0 Å². The lowest BCUT2D eigenvalue weighted by molar-refractivity contribution is 0.188. The van der Waals surface area contributed by atoms with E-state index in [2.05, 4.69) is 58.9 Å². The van der Waals surface area contributed by atoms with Crippen molar-refractivity contribution < 1.29 is 97.2 Å². The molecule has 0 saturated carbocycles. The minimum Gasteiger partial charge on any atom is -0.421 e. The zero-order valence-corrected chi connectivity index (χ0v) is 64.8. The summed E-state index contributed by atoms with van der Waals surface area (Å²) in [5.74, 6) is 0. The van der Waals surface area contributed by atoms with E-state index in [9.17, 15) is 4.46 Å². The van der Waals surface area contributed by atoms with Crippen LogP contribution >= 0.6 is 0 Å². The molecule has 0 aliphatic carbocycles. The second-order valence-electron chi connectivity index (χ2n) is 21.3. The number of hydrogen-bond donors (Lipinski definition) is 10. The molecule has 0 unspecified atom stereocenters. The Morgan fingerprint density at radius 1 is 0.267 bits per heavy atom. The van der Waals surface area contributed by atoms with Gasteiger partial charge in [0.25, 0.3) is 8.68 Å². The van der Waals surface area contributed by atoms with E-state index >= 15 is 0 Å². The zero-order chi connectivity index (χ0) is 69.7. The van der Waals surface area contributed by atoms with Crippen LogP contribution in [0.25, 0.3) is 0 Å². The van der Waals surface area contributed by atoms with Crippen LogP contribution in [0.15, 0.2) is 0 Å². The molecule has 0 amide bonds. The van der Waals surface area contributed by atoms with Gasteiger partial charge in [-0.15, -0.1) is 0 Å². The van der Waals surface area contributed by atoms with Gasteiger partial charge in [0.05, 0.1) is 0 Å². The summed E-state index contributed by atoms with van der Waals surface area (Å²) in [6.07, 6.45) is 27.5. The van der Waals surface area contributed by atoms with Gasteiger partial charge in [-0.2, -0.15) is 0 Å². The fourth-order valence-electron chi connectivity index (χ4n) is 5.44. The molecular formula is C62H156O20Si4. The van der Waals surface area contributed by atoms with Gasteiger partial charge < -0.3 is 97.2 Å². The van der Waals surface area contributed by atoms with Gasteiger partial charge in [0.15, 0.2) is 25.0 Å². The van der Waals surface area contributed by atoms with E-state index in [0.29, 0.717) is 19.8 Å². The Morgan fingerprint density at radius 2 is 0.430 bits per heavy atom. The van der Waals surface area contributed by atoms with Gasteiger partial charge in [0.1, 0.15) is 0 Å². The highest BCUT2D eigenvalue weighted by atomic mass is 28.4. The maximum absolute atomic E-state index is 11.1. The number of ether oxygens (including phenoxy) is 6. The largest absolute Gasteiger partial charge is 0.421 e. The van der Waals surface area contributed by atoms with Crippen molar-refractivity contribution in [2.24, 2.45) is 0 Å². The first-order valence-electron chi connectivity index (χ1n) is 31.7. The Kier molecular flexibility index (Phi) is 166. The second kappa shape index (κ2) is 122. The zero-order valence-electron chi connectivity index (χ0n) is 60.8. The number of aliphatic hydroxyl groups excluding tert-OH is 10. The fraction of sp³-hybridized carbons (Fsp3) is 1.00. The summed E-state index contributed by atoms with van der Waals surface area (Å²) < 4.78 is 57.0. The molecule has 86 heavy (non-hydrogen) atoms. The van der Waals surface area contributed by atoms with Crippen molar-refractivity contribution in [1.82, 2.24) is 0 Å². The summed E-state index contributed by atoms with van der Waals surface area (Å²) in [7, 11) is 12.3. The van der Waals surface area contributed by atoms with E-state index in [1.165, 1.54) is 57.8 Å². The van der Waals surface area contributed by atoms with Crippen molar-refractivity contribution >= 4 is 33.6 Å².